The minimum Gasteiger partial charge on any atom is -0.375 e. The highest BCUT2D eigenvalue weighted by Gasteiger charge is 2.28. The molecule has 0 spiro atoms. The number of hydrogen-bond donors (Lipinski definition) is 2. The van der Waals surface area contributed by atoms with Gasteiger partial charge in [-0.1, -0.05) is 30.3 Å². The molecule has 1 aromatic rings. The molecule has 1 aromatic carbocycles. The van der Waals surface area contributed by atoms with Crippen LogP contribution in [0.1, 0.15) is 5.56 Å². The monoisotopic (exact) mass is 231 g/mol. The summed E-state index contributed by atoms with van der Waals surface area (Å²) in [4.78, 5) is 24.6. The molecule has 0 aliphatic carbocycles. The average molecular weight is 231 g/mol. The van der Waals surface area contributed by atoms with Crippen molar-refractivity contribution >= 4 is 17.6 Å². The third-order valence-electron chi connectivity index (χ3n) is 2.42. The lowest BCUT2D eigenvalue weighted by atomic mass is 10.1. The molecule has 0 saturated carbocycles. The van der Waals surface area contributed by atoms with Gasteiger partial charge in [-0.25, -0.2) is 4.79 Å². The molecular weight excluding hydrogens is 218 g/mol. The van der Waals surface area contributed by atoms with E-state index in [0.29, 0.717) is 5.70 Å². The van der Waals surface area contributed by atoms with E-state index in [1.54, 1.807) is 4.90 Å². The predicted molar refractivity (Wildman–Crippen MR) is 63.7 cm³/mol. The van der Waals surface area contributed by atoms with Crippen molar-refractivity contribution in [3.05, 3.63) is 41.6 Å². The van der Waals surface area contributed by atoms with E-state index in [1.165, 1.54) is 0 Å². The van der Waals surface area contributed by atoms with E-state index in [4.69, 9.17) is 0 Å². The number of carbonyl (C=O) groups is 2. The van der Waals surface area contributed by atoms with Gasteiger partial charge in [0.05, 0.1) is 5.70 Å². The molecule has 0 unspecified atom stereocenters. The van der Waals surface area contributed by atoms with Gasteiger partial charge in [0, 0.05) is 19.7 Å². The second kappa shape index (κ2) is 4.29. The zero-order valence-electron chi connectivity index (χ0n) is 9.65. The molecule has 0 atom stereocenters. The first-order chi connectivity index (χ1) is 8.09. The number of hydrogen-bond acceptors (Lipinski definition) is 3. The van der Waals surface area contributed by atoms with Crippen LogP contribution in [0, 0.1) is 0 Å². The number of rotatable bonds is 2. The van der Waals surface area contributed by atoms with Crippen LogP contribution < -0.4 is 10.6 Å². The molecule has 1 aliphatic rings. The summed E-state index contributed by atoms with van der Waals surface area (Å²) in [5.74, 6) is -0.400. The third-order valence-corrected chi connectivity index (χ3v) is 2.42. The molecule has 5 nitrogen and oxygen atoms in total. The lowest BCUT2D eigenvalue weighted by molar-refractivity contribution is -0.115. The van der Waals surface area contributed by atoms with Gasteiger partial charge < -0.3 is 10.2 Å². The number of nitrogens with one attached hydrogen (secondary N) is 2. The predicted octanol–water partition coefficient (Wildman–Crippen LogP) is 0.756. The molecule has 17 heavy (non-hydrogen) atoms. The van der Waals surface area contributed by atoms with Crippen molar-refractivity contribution in [1.82, 2.24) is 15.5 Å². The first-order valence-corrected chi connectivity index (χ1v) is 5.19. The van der Waals surface area contributed by atoms with Crippen LogP contribution in [0.4, 0.5) is 4.79 Å². The smallest absolute Gasteiger partial charge is 0.326 e. The van der Waals surface area contributed by atoms with E-state index in [9.17, 15) is 9.59 Å². The quantitative estimate of drug-likeness (QED) is 0.583. The summed E-state index contributed by atoms with van der Waals surface area (Å²) >= 11 is 0. The molecule has 88 valence electrons. The lowest BCUT2D eigenvalue weighted by Crippen LogP contribution is -2.22. The first kappa shape index (κ1) is 11.2. The largest absolute Gasteiger partial charge is 0.375 e. The van der Waals surface area contributed by atoms with Gasteiger partial charge in [-0.15, -0.1) is 0 Å². The second-order valence-electron chi connectivity index (χ2n) is 3.89. The maximum Gasteiger partial charge on any atom is 0.326 e. The molecule has 0 bridgehead atoms. The van der Waals surface area contributed by atoms with Gasteiger partial charge >= 0.3 is 6.03 Å². The SMILES string of the molecule is CN(C)C(=C1NC(=O)NC1=O)c1ccccc1. The van der Waals surface area contributed by atoms with Crippen LogP contribution in [0.2, 0.25) is 0 Å². The van der Waals surface area contributed by atoms with Crippen molar-refractivity contribution in [2.75, 3.05) is 14.1 Å². The zero-order chi connectivity index (χ0) is 12.4. The maximum absolute atomic E-state index is 11.6. The van der Waals surface area contributed by atoms with Crippen molar-refractivity contribution in [1.29, 1.82) is 0 Å². The second-order valence-corrected chi connectivity index (χ2v) is 3.89. The van der Waals surface area contributed by atoms with E-state index < -0.39 is 11.9 Å². The van der Waals surface area contributed by atoms with Crippen LogP contribution in [-0.4, -0.2) is 30.9 Å². The summed E-state index contributed by atoms with van der Waals surface area (Å²) in [5.41, 5.74) is 1.85. The Balaban J connectivity index is 2.53. The van der Waals surface area contributed by atoms with Gasteiger partial charge in [0.1, 0.15) is 5.70 Å². The van der Waals surface area contributed by atoms with Crippen molar-refractivity contribution in [2.45, 2.75) is 0 Å². The van der Waals surface area contributed by atoms with Gasteiger partial charge in [0.15, 0.2) is 0 Å². The van der Waals surface area contributed by atoms with Crippen LogP contribution in [0.3, 0.4) is 0 Å². The molecule has 0 aromatic heterocycles. The fourth-order valence-corrected chi connectivity index (χ4v) is 1.76. The molecule has 3 amide bonds. The highest BCUT2D eigenvalue weighted by Crippen LogP contribution is 2.21. The Labute approximate surface area is 99.1 Å². The lowest BCUT2D eigenvalue weighted by Gasteiger charge is -2.19. The van der Waals surface area contributed by atoms with Crippen molar-refractivity contribution in [2.24, 2.45) is 0 Å². The summed E-state index contributed by atoms with van der Waals surface area (Å²) < 4.78 is 0. The standard InChI is InChI=1S/C12H13N3O2/c1-15(2)10(8-6-4-3-5-7-8)9-11(16)14-12(17)13-9/h3-7H,1-2H3,(H2,13,14,16,17). The molecule has 0 radical (unpaired) electrons. The maximum atomic E-state index is 11.6. The van der Waals surface area contributed by atoms with Crippen LogP contribution in [0.15, 0.2) is 36.0 Å². The van der Waals surface area contributed by atoms with Crippen molar-refractivity contribution < 1.29 is 9.59 Å². The highest BCUT2D eigenvalue weighted by atomic mass is 16.2. The molecule has 1 heterocycles. The molecule has 1 aliphatic heterocycles. The van der Waals surface area contributed by atoms with E-state index in [0.717, 1.165) is 5.56 Å². The Morgan fingerprint density at radius 1 is 1.06 bits per heavy atom. The molecular formula is C12H13N3O2. The molecule has 1 fully saturated rings. The summed E-state index contributed by atoms with van der Waals surface area (Å²) in [7, 11) is 3.65. The molecule has 2 rings (SSSR count). The normalized spacial score (nSPS) is 17.5. The fourth-order valence-electron chi connectivity index (χ4n) is 1.76. The van der Waals surface area contributed by atoms with E-state index in [1.807, 2.05) is 44.4 Å². The van der Waals surface area contributed by atoms with Crippen LogP contribution in [0.5, 0.6) is 0 Å². The Kier molecular flexibility index (Phi) is 2.82. The van der Waals surface area contributed by atoms with Gasteiger partial charge in [0.2, 0.25) is 0 Å². The minimum atomic E-state index is -0.486. The summed E-state index contributed by atoms with van der Waals surface area (Å²) in [6.45, 7) is 0. The molecule has 5 heteroatoms. The number of benzene rings is 1. The van der Waals surface area contributed by atoms with E-state index >= 15 is 0 Å². The zero-order valence-corrected chi connectivity index (χ0v) is 9.65. The Morgan fingerprint density at radius 2 is 1.71 bits per heavy atom. The summed E-state index contributed by atoms with van der Waals surface area (Å²) in [5, 5.41) is 4.72. The van der Waals surface area contributed by atoms with Crippen molar-refractivity contribution in [3.63, 3.8) is 0 Å². The van der Waals surface area contributed by atoms with Crippen LogP contribution in [0.25, 0.3) is 5.70 Å². The molecule has 2 N–H and O–H groups in total. The Morgan fingerprint density at radius 3 is 2.18 bits per heavy atom. The summed E-state index contributed by atoms with van der Waals surface area (Å²) in [6, 6.07) is 8.96. The van der Waals surface area contributed by atoms with Gasteiger partial charge in [-0.3, -0.25) is 10.1 Å². The van der Waals surface area contributed by atoms with Gasteiger partial charge in [-0.2, -0.15) is 0 Å². The number of imide groups is 1. The third kappa shape index (κ3) is 2.13. The summed E-state index contributed by atoms with van der Waals surface area (Å²) in [6.07, 6.45) is 0. The van der Waals surface area contributed by atoms with Crippen LogP contribution in [-0.2, 0) is 4.79 Å². The number of carbonyl (C=O) groups excluding carboxylic acids is 2. The average Bonchev–Trinajstić information content (AvgIpc) is 2.59. The number of amides is 3. The van der Waals surface area contributed by atoms with E-state index in [2.05, 4.69) is 10.6 Å². The minimum absolute atomic E-state index is 0.284. The first-order valence-electron chi connectivity index (χ1n) is 5.19. The van der Waals surface area contributed by atoms with E-state index in [-0.39, 0.29) is 5.70 Å². The van der Waals surface area contributed by atoms with Crippen LogP contribution >= 0.6 is 0 Å². The number of nitrogens with zero attached hydrogens (tertiary/aromatic N) is 1. The van der Waals surface area contributed by atoms with Gasteiger partial charge in [-0.05, 0) is 0 Å². The Bertz CT molecular complexity index is 492. The Hall–Kier alpha value is -2.30. The molecule has 1 saturated heterocycles. The van der Waals surface area contributed by atoms with Gasteiger partial charge in [0.25, 0.3) is 5.91 Å². The highest BCUT2D eigenvalue weighted by molar-refractivity contribution is 6.15. The fraction of sp³-hybridized carbons (Fsp3) is 0.167. The number of urea groups is 1. The van der Waals surface area contributed by atoms with Crippen molar-refractivity contribution in [3.8, 4) is 0 Å². The topological polar surface area (TPSA) is 61.4 Å².